The van der Waals surface area contributed by atoms with Crippen molar-refractivity contribution in [2.24, 2.45) is 0 Å². The highest BCUT2D eigenvalue weighted by atomic mass is 32.2. The number of thioether (sulfide) groups is 1. The van der Waals surface area contributed by atoms with Gasteiger partial charge in [0.25, 0.3) is 0 Å². The number of carbonyl (C=O) groups is 2. The molecule has 1 aromatic heterocycles. The average molecular weight is 444 g/mol. The summed E-state index contributed by atoms with van der Waals surface area (Å²) in [5.41, 5.74) is 1.05. The fourth-order valence-electron chi connectivity index (χ4n) is 4.64. The number of hydrogen-bond donors (Lipinski definition) is 0. The molecular formula is C24H33N3O3S. The van der Waals surface area contributed by atoms with E-state index in [1.54, 1.807) is 11.8 Å². The predicted molar refractivity (Wildman–Crippen MR) is 124 cm³/mol. The van der Waals surface area contributed by atoms with Crippen molar-refractivity contribution in [3.8, 4) is 0 Å². The van der Waals surface area contributed by atoms with E-state index in [-0.39, 0.29) is 24.0 Å². The summed E-state index contributed by atoms with van der Waals surface area (Å²) in [6, 6.07) is 8.15. The number of amides is 2. The number of nitrogens with zero attached hydrogens (tertiary/aromatic N) is 3. The number of likely N-dealkylation sites (tertiary alicyclic amines) is 1. The fourth-order valence-corrected chi connectivity index (χ4v) is 5.63. The minimum Gasteiger partial charge on any atom is -0.372 e. The quantitative estimate of drug-likeness (QED) is 0.660. The van der Waals surface area contributed by atoms with E-state index in [1.165, 1.54) is 12.8 Å². The SMILES string of the molecule is C[C@@H]1CN(C(=O)CSc2cn(CC(=O)N3CCCCCC3)c3ccccc23)C[C@H](C)O1. The Morgan fingerprint density at radius 2 is 1.65 bits per heavy atom. The number of carbonyl (C=O) groups excluding carboxylic acids is 2. The maximum Gasteiger partial charge on any atom is 0.242 e. The summed E-state index contributed by atoms with van der Waals surface area (Å²) >= 11 is 1.56. The lowest BCUT2D eigenvalue weighted by atomic mass is 10.2. The molecule has 4 rings (SSSR count). The highest BCUT2D eigenvalue weighted by Gasteiger charge is 2.26. The number of ether oxygens (including phenoxy) is 1. The van der Waals surface area contributed by atoms with Gasteiger partial charge in [-0.2, -0.15) is 0 Å². The summed E-state index contributed by atoms with van der Waals surface area (Å²) in [6.45, 7) is 7.41. The molecule has 2 saturated heterocycles. The molecule has 0 radical (unpaired) electrons. The molecule has 0 spiro atoms. The topological polar surface area (TPSA) is 54.8 Å². The summed E-state index contributed by atoms with van der Waals surface area (Å²) in [5, 5.41) is 1.10. The molecule has 2 atom stereocenters. The molecule has 6 nitrogen and oxygen atoms in total. The van der Waals surface area contributed by atoms with Crippen LogP contribution in [0.3, 0.4) is 0 Å². The van der Waals surface area contributed by atoms with E-state index in [0.29, 0.717) is 25.4 Å². The molecule has 31 heavy (non-hydrogen) atoms. The average Bonchev–Trinajstić information content (AvgIpc) is 2.92. The van der Waals surface area contributed by atoms with Gasteiger partial charge in [0.15, 0.2) is 0 Å². The van der Waals surface area contributed by atoms with Crippen LogP contribution in [0.25, 0.3) is 10.9 Å². The molecule has 0 N–H and O–H groups in total. The first-order valence-electron chi connectivity index (χ1n) is 11.4. The lowest BCUT2D eigenvalue weighted by Gasteiger charge is -2.35. The van der Waals surface area contributed by atoms with Crippen molar-refractivity contribution in [3.05, 3.63) is 30.5 Å². The van der Waals surface area contributed by atoms with Crippen molar-refractivity contribution in [2.75, 3.05) is 31.9 Å². The number of benzene rings is 1. The molecule has 1 aromatic carbocycles. The molecule has 0 bridgehead atoms. The minimum atomic E-state index is 0.0737. The van der Waals surface area contributed by atoms with Crippen LogP contribution in [0.1, 0.15) is 39.5 Å². The van der Waals surface area contributed by atoms with Crippen LogP contribution >= 0.6 is 11.8 Å². The minimum absolute atomic E-state index is 0.0737. The number of hydrogen-bond acceptors (Lipinski definition) is 4. The Labute approximate surface area is 188 Å². The smallest absolute Gasteiger partial charge is 0.242 e. The van der Waals surface area contributed by atoms with Gasteiger partial charge in [-0.3, -0.25) is 9.59 Å². The molecule has 2 aliphatic heterocycles. The Morgan fingerprint density at radius 3 is 2.35 bits per heavy atom. The summed E-state index contributed by atoms with van der Waals surface area (Å²) < 4.78 is 7.79. The van der Waals surface area contributed by atoms with E-state index < -0.39 is 0 Å². The maximum absolute atomic E-state index is 12.9. The lowest BCUT2D eigenvalue weighted by molar-refractivity contribution is -0.140. The first-order valence-corrected chi connectivity index (χ1v) is 12.4. The Kier molecular flexibility index (Phi) is 7.23. The first kappa shape index (κ1) is 22.2. The van der Waals surface area contributed by atoms with E-state index in [9.17, 15) is 9.59 Å². The normalized spacial score (nSPS) is 22.5. The highest BCUT2D eigenvalue weighted by Crippen LogP contribution is 2.30. The number of aromatic nitrogens is 1. The third kappa shape index (κ3) is 5.44. The van der Waals surface area contributed by atoms with Crippen molar-refractivity contribution < 1.29 is 14.3 Å². The van der Waals surface area contributed by atoms with Gasteiger partial charge >= 0.3 is 0 Å². The maximum atomic E-state index is 12.9. The van der Waals surface area contributed by atoms with Crippen molar-refractivity contribution in [3.63, 3.8) is 0 Å². The first-order chi connectivity index (χ1) is 15.0. The molecule has 7 heteroatoms. The number of para-hydroxylation sites is 1. The summed E-state index contributed by atoms with van der Waals surface area (Å²) in [6.07, 6.45) is 6.81. The zero-order chi connectivity index (χ0) is 21.8. The van der Waals surface area contributed by atoms with Gasteiger partial charge in [0.2, 0.25) is 11.8 Å². The summed E-state index contributed by atoms with van der Waals surface area (Å²) in [5.74, 6) is 0.726. The number of morpholine rings is 1. The van der Waals surface area contributed by atoms with Crippen LogP contribution in [0, 0.1) is 0 Å². The molecule has 2 aromatic rings. The molecule has 2 fully saturated rings. The Hall–Kier alpha value is -1.99. The molecule has 2 amide bonds. The van der Waals surface area contributed by atoms with E-state index >= 15 is 0 Å². The summed E-state index contributed by atoms with van der Waals surface area (Å²) in [4.78, 5) is 30.7. The van der Waals surface area contributed by atoms with E-state index in [4.69, 9.17) is 4.74 Å². The van der Waals surface area contributed by atoms with Gasteiger partial charge in [0.05, 0.1) is 18.0 Å². The fraction of sp³-hybridized carbons (Fsp3) is 0.583. The van der Waals surface area contributed by atoms with Gasteiger partial charge < -0.3 is 19.1 Å². The Bertz CT molecular complexity index is 910. The Balaban J connectivity index is 1.45. The zero-order valence-corrected chi connectivity index (χ0v) is 19.4. The van der Waals surface area contributed by atoms with Crippen molar-refractivity contribution >= 4 is 34.5 Å². The van der Waals surface area contributed by atoms with Crippen LogP contribution in [0.2, 0.25) is 0 Å². The van der Waals surface area contributed by atoms with Gasteiger partial charge in [-0.05, 0) is 32.8 Å². The van der Waals surface area contributed by atoms with Gasteiger partial charge in [0, 0.05) is 48.2 Å². The standard InChI is InChI=1S/C24H33N3O3S/c1-18-13-27(14-19(2)30-18)24(29)17-31-22-15-26(21-10-6-5-9-20(21)22)16-23(28)25-11-7-3-4-8-12-25/h5-6,9-10,15,18-19H,3-4,7-8,11-14,16-17H2,1-2H3/t18-,19+. The van der Waals surface area contributed by atoms with Gasteiger partial charge in [0.1, 0.15) is 6.54 Å². The highest BCUT2D eigenvalue weighted by molar-refractivity contribution is 8.00. The predicted octanol–water partition coefficient (Wildman–Crippen LogP) is 3.77. The second kappa shape index (κ2) is 10.1. The molecule has 0 unspecified atom stereocenters. The summed E-state index contributed by atoms with van der Waals surface area (Å²) in [7, 11) is 0. The van der Waals surface area contributed by atoms with Crippen LogP contribution in [0.15, 0.2) is 35.4 Å². The monoisotopic (exact) mass is 443 g/mol. The van der Waals surface area contributed by atoms with Crippen molar-refractivity contribution in [1.29, 1.82) is 0 Å². The molecule has 2 aliphatic rings. The molecular weight excluding hydrogens is 410 g/mol. The van der Waals surface area contributed by atoms with Crippen LogP contribution in [0.5, 0.6) is 0 Å². The molecule has 168 valence electrons. The van der Waals surface area contributed by atoms with E-state index in [2.05, 4.69) is 12.1 Å². The molecule has 0 aliphatic carbocycles. The number of rotatable bonds is 5. The van der Waals surface area contributed by atoms with Crippen LogP contribution in [0.4, 0.5) is 0 Å². The third-order valence-corrected chi connectivity index (χ3v) is 7.17. The van der Waals surface area contributed by atoms with Crippen LogP contribution in [-0.4, -0.2) is 70.3 Å². The second-order valence-electron chi connectivity index (χ2n) is 8.78. The van der Waals surface area contributed by atoms with Gasteiger partial charge in [-0.1, -0.05) is 31.0 Å². The van der Waals surface area contributed by atoms with Crippen molar-refractivity contribution in [1.82, 2.24) is 14.4 Å². The van der Waals surface area contributed by atoms with E-state index in [1.807, 2.05) is 46.5 Å². The lowest BCUT2D eigenvalue weighted by Crippen LogP contribution is -2.48. The molecule has 3 heterocycles. The second-order valence-corrected chi connectivity index (χ2v) is 9.80. The van der Waals surface area contributed by atoms with E-state index in [0.717, 1.165) is 41.7 Å². The van der Waals surface area contributed by atoms with Crippen molar-refractivity contribution in [2.45, 2.75) is 63.2 Å². The zero-order valence-electron chi connectivity index (χ0n) is 18.6. The van der Waals surface area contributed by atoms with Crippen LogP contribution in [-0.2, 0) is 20.9 Å². The Morgan fingerprint density at radius 1 is 0.968 bits per heavy atom. The number of fused-ring (bicyclic) bond motifs is 1. The van der Waals surface area contributed by atoms with Crippen LogP contribution < -0.4 is 0 Å². The van der Waals surface area contributed by atoms with Gasteiger partial charge in [-0.25, -0.2) is 0 Å². The molecule has 0 saturated carbocycles. The third-order valence-electron chi connectivity index (χ3n) is 6.14. The largest absolute Gasteiger partial charge is 0.372 e. The van der Waals surface area contributed by atoms with Gasteiger partial charge in [-0.15, -0.1) is 11.8 Å².